The molecule has 1 heterocycles. The van der Waals surface area contributed by atoms with E-state index in [1.165, 1.54) is 5.56 Å². The highest BCUT2D eigenvalue weighted by atomic mass is 16.3. The van der Waals surface area contributed by atoms with E-state index in [9.17, 15) is 5.11 Å². The summed E-state index contributed by atoms with van der Waals surface area (Å²) in [5.74, 6) is 0. The molecule has 0 saturated carbocycles. The molecule has 2 aromatic carbocycles. The maximum Gasteiger partial charge on any atom is 0.106 e. The van der Waals surface area contributed by atoms with Crippen LogP contribution in [-0.2, 0) is 6.42 Å². The normalized spacial score (nSPS) is 12.7. The van der Waals surface area contributed by atoms with Crippen molar-refractivity contribution in [2.24, 2.45) is 0 Å². The van der Waals surface area contributed by atoms with Crippen molar-refractivity contribution in [1.82, 2.24) is 4.98 Å². The number of nitrogens with one attached hydrogen (secondary N) is 1. The van der Waals surface area contributed by atoms with Gasteiger partial charge in [-0.05, 0) is 23.6 Å². The summed E-state index contributed by atoms with van der Waals surface area (Å²) in [4.78, 5) is 3.20. The molecule has 1 aromatic heterocycles. The van der Waals surface area contributed by atoms with Crippen molar-refractivity contribution < 1.29 is 5.11 Å². The van der Waals surface area contributed by atoms with Crippen molar-refractivity contribution >= 4 is 10.9 Å². The van der Waals surface area contributed by atoms with Crippen LogP contribution in [0, 0.1) is 0 Å². The molecule has 0 aliphatic heterocycles. The highest BCUT2D eigenvalue weighted by Gasteiger charge is 2.14. The van der Waals surface area contributed by atoms with Crippen molar-refractivity contribution in [3.05, 3.63) is 71.4 Å². The fourth-order valence-corrected chi connectivity index (χ4v) is 2.44. The largest absolute Gasteiger partial charge is 0.384 e. The first-order valence-electron chi connectivity index (χ1n) is 6.62. The zero-order chi connectivity index (χ0) is 13.2. The number of aliphatic hydroxyl groups is 1. The first-order chi connectivity index (χ1) is 9.29. The molecular formula is C17H17NO. The molecule has 96 valence electrons. The van der Waals surface area contributed by atoms with Crippen molar-refractivity contribution in [2.75, 3.05) is 0 Å². The molecule has 3 rings (SSSR count). The zero-order valence-corrected chi connectivity index (χ0v) is 10.9. The lowest BCUT2D eigenvalue weighted by Gasteiger charge is -2.11. The number of fused-ring (bicyclic) bond motifs is 1. The number of rotatable bonds is 3. The van der Waals surface area contributed by atoms with E-state index in [4.69, 9.17) is 0 Å². The van der Waals surface area contributed by atoms with Crippen LogP contribution in [0.3, 0.4) is 0 Å². The van der Waals surface area contributed by atoms with Crippen LogP contribution in [0.1, 0.15) is 29.7 Å². The molecule has 0 bridgehead atoms. The van der Waals surface area contributed by atoms with E-state index >= 15 is 0 Å². The number of para-hydroxylation sites is 1. The molecule has 0 unspecified atom stereocenters. The third-order valence-electron chi connectivity index (χ3n) is 3.62. The van der Waals surface area contributed by atoms with Crippen molar-refractivity contribution in [3.63, 3.8) is 0 Å². The highest BCUT2D eigenvalue weighted by molar-refractivity contribution is 5.83. The first kappa shape index (κ1) is 12.0. The predicted molar refractivity (Wildman–Crippen MR) is 78.2 cm³/mol. The van der Waals surface area contributed by atoms with Crippen LogP contribution in [0.15, 0.2) is 54.7 Å². The maximum atomic E-state index is 10.5. The third kappa shape index (κ3) is 2.15. The Morgan fingerprint density at radius 3 is 2.53 bits per heavy atom. The highest BCUT2D eigenvalue weighted by Crippen LogP contribution is 2.28. The van der Waals surface area contributed by atoms with Crippen LogP contribution in [0.2, 0.25) is 0 Å². The molecule has 2 nitrogen and oxygen atoms in total. The molecule has 19 heavy (non-hydrogen) atoms. The number of hydrogen-bond donors (Lipinski definition) is 2. The number of benzene rings is 2. The summed E-state index contributed by atoms with van der Waals surface area (Å²) in [7, 11) is 0. The average Bonchev–Trinajstić information content (AvgIpc) is 2.90. The Kier molecular flexibility index (Phi) is 3.10. The second-order valence-corrected chi connectivity index (χ2v) is 4.79. The van der Waals surface area contributed by atoms with E-state index in [0.29, 0.717) is 0 Å². The van der Waals surface area contributed by atoms with Crippen LogP contribution < -0.4 is 0 Å². The number of aromatic nitrogens is 1. The molecular weight excluding hydrogens is 234 g/mol. The first-order valence-corrected chi connectivity index (χ1v) is 6.62. The zero-order valence-electron chi connectivity index (χ0n) is 10.9. The van der Waals surface area contributed by atoms with E-state index in [1.807, 2.05) is 42.6 Å². The number of H-pyrrole nitrogens is 1. The summed E-state index contributed by atoms with van der Waals surface area (Å²) in [6.45, 7) is 2.13. The van der Waals surface area contributed by atoms with Gasteiger partial charge in [-0.15, -0.1) is 0 Å². The van der Waals surface area contributed by atoms with E-state index in [1.54, 1.807) is 0 Å². The fraction of sp³-hybridized carbons (Fsp3) is 0.176. The summed E-state index contributed by atoms with van der Waals surface area (Å²) >= 11 is 0. The van der Waals surface area contributed by atoms with Gasteiger partial charge in [0.15, 0.2) is 0 Å². The molecule has 0 radical (unpaired) electrons. The molecule has 2 N–H and O–H groups in total. The third-order valence-corrected chi connectivity index (χ3v) is 3.62. The summed E-state index contributed by atoms with van der Waals surface area (Å²) < 4.78 is 0. The summed E-state index contributed by atoms with van der Waals surface area (Å²) in [5.41, 5.74) is 4.21. The molecule has 0 saturated heterocycles. The van der Waals surface area contributed by atoms with Gasteiger partial charge in [0.25, 0.3) is 0 Å². The Labute approximate surface area is 112 Å². The van der Waals surface area contributed by atoms with Gasteiger partial charge in [-0.2, -0.15) is 0 Å². The molecule has 1 atom stereocenters. The number of aromatic amines is 1. The lowest BCUT2D eigenvalue weighted by molar-refractivity contribution is 0.222. The number of aliphatic hydroxyl groups excluding tert-OH is 1. The smallest absolute Gasteiger partial charge is 0.106 e. The molecule has 0 aliphatic rings. The number of aryl methyl sites for hydroxylation is 1. The van der Waals surface area contributed by atoms with Crippen molar-refractivity contribution in [1.29, 1.82) is 0 Å². The van der Waals surface area contributed by atoms with Crippen molar-refractivity contribution in [3.8, 4) is 0 Å². The molecule has 2 heteroatoms. The van der Waals surface area contributed by atoms with E-state index in [0.717, 1.165) is 28.5 Å². The minimum Gasteiger partial charge on any atom is -0.384 e. The minimum absolute atomic E-state index is 0.581. The van der Waals surface area contributed by atoms with E-state index < -0.39 is 6.10 Å². The number of hydrogen-bond acceptors (Lipinski definition) is 1. The van der Waals surface area contributed by atoms with Gasteiger partial charge in [0.1, 0.15) is 6.10 Å². The van der Waals surface area contributed by atoms with Crippen LogP contribution >= 0.6 is 0 Å². The van der Waals surface area contributed by atoms with Gasteiger partial charge < -0.3 is 10.1 Å². The Morgan fingerprint density at radius 1 is 1.05 bits per heavy atom. The molecule has 0 fully saturated rings. The van der Waals surface area contributed by atoms with Gasteiger partial charge in [0.05, 0.1) is 0 Å². The van der Waals surface area contributed by atoms with Gasteiger partial charge in [0, 0.05) is 22.7 Å². The second-order valence-electron chi connectivity index (χ2n) is 4.79. The average molecular weight is 251 g/mol. The quantitative estimate of drug-likeness (QED) is 0.729. The van der Waals surface area contributed by atoms with Gasteiger partial charge in [-0.3, -0.25) is 0 Å². The lowest BCUT2D eigenvalue weighted by Crippen LogP contribution is -1.98. The Balaban J connectivity index is 2.00. The monoisotopic (exact) mass is 251 g/mol. The molecule has 0 spiro atoms. The molecule has 0 amide bonds. The van der Waals surface area contributed by atoms with Gasteiger partial charge in [0.2, 0.25) is 0 Å². The predicted octanol–water partition coefficient (Wildman–Crippen LogP) is 3.81. The molecule has 3 aromatic rings. The maximum absolute atomic E-state index is 10.5. The second kappa shape index (κ2) is 4.90. The Hall–Kier alpha value is -2.06. The summed E-state index contributed by atoms with van der Waals surface area (Å²) in [6.07, 6.45) is 2.33. The van der Waals surface area contributed by atoms with E-state index in [2.05, 4.69) is 24.0 Å². The van der Waals surface area contributed by atoms with Gasteiger partial charge in [-0.1, -0.05) is 49.4 Å². The minimum atomic E-state index is -0.581. The van der Waals surface area contributed by atoms with Gasteiger partial charge >= 0.3 is 0 Å². The summed E-state index contributed by atoms with van der Waals surface area (Å²) in [6, 6.07) is 16.2. The van der Waals surface area contributed by atoms with Gasteiger partial charge in [-0.25, -0.2) is 0 Å². The van der Waals surface area contributed by atoms with Crippen molar-refractivity contribution in [2.45, 2.75) is 19.4 Å². The van der Waals surface area contributed by atoms with Crippen LogP contribution in [0.5, 0.6) is 0 Å². The Bertz CT molecular complexity index is 682. The fourth-order valence-electron chi connectivity index (χ4n) is 2.44. The Morgan fingerprint density at radius 2 is 1.79 bits per heavy atom. The van der Waals surface area contributed by atoms with Crippen LogP contribution in [0.25, 0.3) is 10.9 Å². The summed E-state index contributed by atoms with van der Waals surface area (Å²) in [5, 5.41) is 11.6. The lowest BCUT2D eigenvalue weighted by atomic mass is 9.99. The van der Waals surface area contributed by atoms with Crippen LogP contribution in [-0.4, -0.2) is 10.1 Å². The van der Waals surface area contributed by atoms with E-state index in [-0.39, 0.29) is 0 Å². The standard InChI is InChI=1S/C17H17NO/c1-2-12-7-9-13(10-8-12)17(19)15-11-18-16-6-4-3-5-14(15)16/h3-11,17-19H,2H2,1H3/t17-/m1/s1. The molecule has 0 aliphatic carbocycles. The topological polar surface area (TPSA) is 36.0 Å². The SMILES string of the molecule is CCc1ccc([C@@H](O)c2c[nH]c3ccccc23)cc1. The van der Waals surface area contributed by atoms with Crippen LogP contribution in [0.4, 0.5) is 0 Å².